The van der Waals surface area contributed by atoms with E-state index in [4.69, 9.17) is 52.7 Å². The number of hydrogen-bond acceptors (Lipinski definition) is 16. The largest absolute Gasteiger partial charge is 0.582 e. The van der Waals surface area contributed by atoms with Gasteiger partial charge in [-0.3, -0.25) is 23.4 Å². The number of anilines is 2. The average molecular weight is 733 g/mol. The van der Waals surface area contributed by atoms with Crippen LogP contribution in [0, 0.1) is 12.3 Å². The Labute approximate surface area is 273 Å². The van der Waals surface area contributed by atoms with Gasteiger partial charge in [-0.05, 0) is 22.4 Å². The minimum absolute atomic E-state index is 0.113. The van der Waals surface area contributed by atoms with Crippen molar-refractivity contribution >= 4 is 72.0 Å². The lowest BCUT2D eigenvalue weighted by Gasteiger charge is -2.30. The molecule has 2 aliphatic rings. The molecule has 8 N–H and O–H groups in total. The highest BCUT2D eigenvalue weighted by atomic mass is 32.7. The predicted octanol–water partition coefficient (Wildman–Crippen LogP) is -0.191. The highest BCUT2D eigenvalue weighted by Crippen LogP contribution is 2.53. The normalized spacial score (nSPS) is 30.9. The van der Waals surface area contributed by atoms with E-state index in [2.05, 4.69) is 43.1 Å². The quantitative estimate of drug-likeness (QED) is 0.0632. The van der Waals surface area contributed by atoms with Gasteiger partial charge in [0, 0.05) is 6.20 Å². The lowest BCUT2D eigenvalue weighted by Crippen LogP contribution is -2.46. The molecule has 0 aromatic carbocycles. The highest BCUT2D eigenvalue weighted by Gasteiger charge is 2.60. The molecule has 0 aliphatic carbocycles. The first-order valence-corrected chi connectivity index (χ1v) is 18.2. The van der Waals surface area contributed by atoms with E-state index in [-0.39, 0.29) is 28.4 Å². The zero-order chi connectivity index (χ0) is 33.8. The van der Waals surface area contributed by atoms with Crippen LogP contribution in [0.25, 0.3) is 22.3 Å². The lowest BCUT2D eigenvalue weighted by molar-refractivity contribution is -0.0875. The number of thiol groups is 1. The maximum Gasteiger partial charge on any atom is 0.582 e. The second kappa shape index (κ2) is 12.7. The molecule has 10 atom stereocenters. The number of pyridine rings is 1. The van der Waals surface area contributed by atoms with Crippen LogP contribution in [0.1, 0.15) is 12.5 Å². The van der Waals surface area contributed by atoms with Gasteiger partial charge in [-0.2, -0.15) is 4.98 Å². The van der Waals surface area contributed by atoms with Crippen molar-refractivity contribution in [2.24, 2.45) is 0 Å². The van der Waals surface area contributed by atoms with Crippen LogP contribution in [-0.2, 0) is 39.4 Å². The molecule has 47 heavy (non-hydrogen) atoms. The number of ether oxygens (including phenoxy) is 2. The van der Waals surface area contributed by atoms with Crippen molar-refractivity contribution in [3.8, 4) is 12.3 Å². The van der Waals surface area contributed by atoms with E-state index >= 15 is 4.39 Å². The topological polar surface area (TPSA) is 270 Å². The van der Waals surface area contributed by atoms with Gasteiger partial charge in [0.25, 0.3) is 5.56 Å². The molecule has 6 rings (SSSR count). The Hall–Kier alpha value is -3.16. The highest BCUT2D eigenvalue weighted by molar-refractivity contribution is 8.39. The Balaban J connectivity index is 1.28. The van der Waals surface area contributed by atoms with E-state index < -0.39 is 81.4 Å². The SMILES string of the molecule is C#C[C@]1(COP(O)(=S)O[C@@H]2[C@H](F)[C@@H](CO)O[C@H]2n2cnc3c(=O)[nH]c(N)nc32)O[C@@H](n2cnc3c(N)ccnc32)[C@H](O)[C@@H]1O[P+](=O)S. The molecule has 24 heteroatoms. The molecule has 0 radical (unpaired) electrons. The molecule has 0 spiro atoms. The Morgan fingerprint density at radius 2 is 1.96 bits per heavy atom. The Bertz CT molecular complexity index is 2010. The van der Waals surface area contributed by atoms with Crippen LogP contribution in [-0.4, -0.2) is 98.6 Å². The Kier molecular flexibility index (Phi) is 9.12. The number of H-pyrrole nitrogens is 1. The standard InChI is InChI=1S/C23H24FN9O10P2S2/c1-2-23(16(42-44(37)46)14(35)20(41-23)32-7-28-12-9(25)3-4-27-17(12)32)6-39-45(38,47)43-15-11(24)10(5-34)40-21(15)33-8-29-13-18(33)30-22(26)31-19(13)36/h1,3-4,7-8,10-11,14-16,20-21,34-35H,5-6H2,(H6-,25,26,27,30,31,36,37,38,46,47)/p+1/t10-,11-,14-,15-,16+,20-,21-,23-,45?/m1/s1. The van der Waals surface area contributed by atoms with Crippen LogP contribution in [0.2, 0.25) is 0 Å². The Morgan fingerprint density at radius 3 is 2.64 bits per heavy atom. The van der Waals surface area contributed by atoms with Gasteiger partial charge in [0.2, 0.25) is 5.95 Å². The number of rotatable bonds is 10. The first-order chi connectivity index (χ1) is 22.3. The second-order valence-electron chi connectivity index (χ2n) is 10.3. The summed E-state index contributed by atoms with van der Waals surface area (Å²) in [4.78, 5) is 42.1. The predicted molar refractivity (Wildman–Crippen MR) is 167 cm³/mol. The molecule has 19 nitrogen and oxygen atoms in total. The summed E-state index contributed by atoms with van der Waals surface area (Å²) >= 11 is 8.96. The fourth-order valence-electron chi connectivity index (χ4n) is 5.33. The zero-order valence-electron chi connectivity index (χ0n) is 23.5. The first kappa shape index (κ1) is 33.7. The molecule has 4 aromatic rings. The minimum Gasteiger partial charge on any atom is -0.397 e. The number of fused-ring (bicyclic) bond motifs is 2. The van der Waals surface area contributed by atoms with Gasteiger partial charge in [0.15, 0.2) is 47.1 Å². The number of alkyl halides is 1. The van der Waals surface area contributed by atoms with E-state index in [1.165, 1.54) is 23.2 Å². The molecule has 2 unspecified atom stereocenters. The number of nitrogens with zero attached hydrogens (tertiary/aromatic N) is 6. The molecule has 2 saturated heterocycles. The number of nitrogens with two attached hydrogens (primary N) is 2. The van der Waals surface area contributed by atoms with Gasteiger partial charge in [-0.25, -0.2) is 19.3 Å². The summed E-state index contributed by atoms with van der Waals surface area (Å²) in [6.45, 7) is -6.15. The zero-order valence-corrected chi connectivity index (χ0v) is 27.0. The third-order valence-corrected chi connectivity index (χ3v) is 9.70. The summed E-state index contributed by atoms with van der Waals surface area (Å²) < 4.78 is 58.2. The molecular formula is C23H25FN9O10P2S2+. The number of terminal acetylenes is 1. The molecule has 0 bridgehead atoms. The van der Waals surface area contributed by atoms with E-state index in [0.29, 0.717) is 5.52 Å². The van der Waals surface area contributed by atoms with E-state index in [1.807, 2.05) is 0 Å². The molecule has 4 aromatic heterocycles. The molecule has 250 valence electrons. The number of hydrogen-bond donors (Lipinski definition) is 7. The van der Waals surface area contributed by atoms with Crippen LogP contribution >= 0.6 is 26.2 Å². The van der Waals surface area contributed by atoms with E-state index in [9.17, 15) is 24.5 Å². The monoisotopic (exact) mass is 732 g/mol. The second-order valence-corrected chi connectivity index (χ2v) is 14.8. The van der Waals surface area contributed by atoms with Crippen molar-refractivity contribution in [2.75, 3.05) is 24.7 Å². The summed E-state index contributed by atoms with van der Waals surface area (Å²) in [6.07, 6.45) is -1.74. The maximum atomic E-state index is 15.6. The van der Waals surface area contributed by atoms with Crippen LogP contribution < -0.4 is 17.0 Å². The number of nitrogens with one attached hydrogen (secondary N) is 1. The van der Waals surface area contributed by atoms with Crippen LogP contribution in [0.4, 0.5) is 16.0 Å². The number of halogens is 1. The number of nitrogen functional groups attached to an aromatic ring is 2. The third-order valence-electron chi connectivity index (χ3n) is 7.47. The van der Waals surface area contributed by atoms with Crippen LogP contribution in [0.5, 0.6) is 0 Å². The summed E-state index contributed by atoms with van der Waals surface area (Å²) in [5, 5.41) is 21.0. The molecule has 2 fully saturated rings. The van der Waals surface area contributed by atoms with Crippen molar-refractivity contribution in [3.63, 3.8) is 0 Å². The first-order valence-electron chi connectivity index (χ1n) is 13.3. The van der Waals surface area contributed by atoms with Gasteiger partial charge >= 0.3 is 13.9 Å². The van der Waals surface area contributed by atoms with Crippen molar-refractivity contribution in [2.45, 2.75) is 48.6 Å². The number of aromatic amines is 1. The van der Waals surface area contributed by atoms with Gasteiger partial charge < -0.3 is 40.6 Å². The van der Waals surface area contributed by atoms with Crippen LogP contribution in [0.15, 0.2) is 29.7 Å². The van der Waals surface area contributed by atoms with Crippen molar-refractivity contribution in [1.82, 2.24) is 34.1 Å². The number of aliphatic hydroxyl groups is 2. The minimum atomic E-state index is -4.52. The number of aliphatic hydroxyl groups excluding tert-OH is 2. The number of aromatic nitrogens is 7. The number of imidazole rings is 2. The van der Waals surface area contributed by atoms with Crippen molar-refractivity contribution in [1.29, 1.82) is 0 Å². The summed E-state index contributed by atoms with van der Waals surface area (Å²) in [5.41, 5.74) is 9.36. The fraction of sp³-hybridized carbons (Fsp3) is 0.435. The van der Waals surface area contributed by atoms with Crippen molar-refractivity contribution in [3.05, 3.63) is 35.3 Å². The summed E-state index contributed by atoms with van der Waals surface area (Å²) in [5.74, 6) is 2.03. The van der Waals surface area contributed by atoms with Crippen LogP contribution in [0.3, 0.4) is 0 Å². The summed E-state index contributed by atoms with van der Waals surface area (Å²) in [6, 6.07) is 1.52. The molecular weight excluding hydrogens is 707 g/mol. The lowest BCUT2D eigenvalue weighted by atomic mass is 9.97. The van der Waals surface area contributed by atoms with Gasteiger partial charge in [0.1, 0.15) is 36.1 Å². The molecule has 0 saturated carbocycles. The molecule has 6 heterocycles. The molecule has 2 aliphatic heterocycles. The van der Waals surface area contributed by atoms with Gasteiger partial charge in [-0.15, -0.1) is 10.9 Å². The van der Waals surface area contributed by atoms with Gasteiger partial charge in [-0.1, -0.05) is 5.92 Å². The smallest absolute Gasteiger partial charge is 0.397 e. The fourth-order valence-corrected chi connectivity index (χ4v) is 7.52. The van der Waals surface area contributed by atoms with Gasteiger partial charge in [0.05, 0.1) is 31.6 Å². The third kappa shape index (κ3) is 6.03. The van der Waals surface area contributed by atoms with E-state index in [0.717, 1.165) is 10.9 Å². The Morgan fingerprint density at radius 1 is 1.26 bits per heavy atom. The van der Waals surface area contributed by atoms with Crippen molar-refractivity contribution < 1.29 is 47.1 Å². The average Bonchev–Trinajstić information content (AvgIpc) is 3.77. The summed E-state index contributed by atoms with van der Waals surface area (Å²) in [7, 11) is -2.68. The molecule has 0 amide bonds. The van der Waals surface area contributed by atoms with E-state index in [1.54, 1.807) is 0 Å². The maximum absolute atomic E-state index is 15.6.